The van der Waals surface area contributed by atoms with Crippen molar-refractivity contribution < 1.29 is 5.11 Å². The Morgan fingerprint density at radius 1 is 1.50 bits per heavy atom. The maximum Gasteiger partial charge on any atom is 0.195 e. The number of aromatic amines is 1. The third kappa shape index (κ3) is 1.56. The van der Waals surface area contributed by atoms with Gasteiger partial charge in [0.15, 0.2) is 10.6 Å². The van der Waals surface area contributed by atoms with Crippen LogP contribution in [-0.4, -0.2) is 19.9 Å². The zero-order valence-corrected chi connectivity index (χ0v) is 8.22. The summed E-state index contributed by atoms with van der Waals surface area (Å²) in [5.74, 6) is 0.593. The van der Waals surface area contributed by atoms with Crippen molar-refractivity contribution in [2.75, 3.05) is 0 Å². The highest BCUT2D eigenvalue weighted by Crippen LogP contribution is 2.14. The fourth-order valence-corrected chi connectivity index (χ4v) is 1.46. The molecule has 0 saturated carbocycles. The summed E-state index contributed by atoms with van der Waals surface area (Å²) in [4.78, 5) is 0. The summed E-state index contributed by atoms with van der Waals surface area (Å²) in [7, 11) is 0. The molecule has 12 heavy (non-hydrogen) atoms. The first-order valence-corrected chi connectivity index (χ1v) is 4.29. The first kappa shape index (κ1) is 9.41. The topological polar surface area (TPSA) is 53.8 Å². The molecule has 0 amide bonds. The summed E-state index contributed by atoms with van der Waals surface area (Å²) in [5, 5.41) is 15.9. The molecule has 1 rings (SSSR count). The molecule has 0 aliphatic rings. The minimum absolute atomic E-state index is 0.223. The minimum atomic E-state index is -0.583. The number of nitrogens with zero attached hydrogens (tertiary/aromatic N) is 2. The number of aromatic nitrogens is 3. The molecule has 0 unspecified atom stereocenters. The summed E-state index contributed by atoms with van der Waals surface area (Å²) in [6.07, 6.45) is -0.583. The van der Waals surface area contributed by atoms with Crippen LogP contribution in [0.25, 0.3) is 0 Å². The fraction of sp³-hybridized carbons (Fsp3) is 0.714. The number of nitrogens with one attached hydrogen (secondary N) is 1. The monoisotopic (exact) mass is 187 g/mol. The van der Waals surface area contributed by atoms with Crippen LogP contribution in [-0.2, 0) is 0 Å². The normalized spacial score (nSPS) is 13.8. The second-order valence-corrected chi connectivity index (χ2v) is 3.41. The van der Waals surface area contributed by atoms with Gasteiger partial charge in [-0.15, -0.1) is 0 Å². The van der Waals surface area contributed by atoms with Gasteiger partial charge in [-0.1, -0.05) is 0 Å². The van der Waals surface area contributed by atoms with Crippen molar-refractivity contribution in [3.05, 3.63) is 10.6 Å². The van der Waals surface area contributed by atoms with Gasteiger partial charge in [0.25, 0.3) is 0 Å². The van der Waals surface area contributed by atoms with Crippen LogP contribution in [0.15, 0.2) is 0 Å². The maximum atomic E-state index is 9.32. The van der Waals surface area contributed by atoms with Crippen LogP contribution < -0.4 is 0 Å². The van der Waals surface area contributed by atoms with Crippen molar-refractivity contribution in [2.45, 2.75) is 32.9 Å². The van der Waals surface area contributed by atoms with Gasteiger partial charge in [0.2, 0.25) is 0 Å². The third-order valence-electron chi connectivity index (χ3n) is 1.62. The van der Waals surface area contributed by atoms with Gasteiger partial charge in [-0.2, -0.15) is 5.10 Å². The van der Waals surface area contributed by atoms with Crippen LogP contribution in [0.3, 0.4) is 0 Å². The van der Waals surface area contributed by atoms with Crippen LogP contribution in [0, 0.1) is 4.77 Å². The van der Waals surface area contributed by atoms with Crippen molar-refractivity contribution in [1.29, 1.82) is 0 Å². The quantitative estimate of drug-likeness (QED) is 0.691. The van der Waals surface area contributed by atoms with E-state index >= 15 is 0 Å². The Hall–Kier alpha value is -0.680. The van der Waals surface area contributed by atoms with E-state index in [2.05, 4.69) is 10.2 Å². The second-order valence-electron chi connectivity index (χ2n) is 3.03. The molecule has 0 aliphatic heterocycles. The lowest BCUT2D eigenvalue weighted by Crippen LogP contribution is -2.08. The summed E-state index contributed by atoms with van der Waals surface area (Å²) >= 11 is 5.00. The van der Waals surface area contributed by atoms with Gasteiger partial charge in [0.1, 0.15) is 6.10 Å². The van der Waals surface area contributed by atoms with E-state index in [1.807, 2.05) is 13.8 Å². The number of rotatable bonds is 2. The van der Waals surface area contributed by atoms with Crippen LogP contribution in [0.5, 0.6) is 0 Å². The molecule has 2 N–H and O–H groups in total. The molecule has 4 nitrogen and oxygen atoms in total. The zero-order chi connectivity index (χ0) is 9.30. The van der Waals surface area contributed by atoms with Gasteiger partial charge < -0.3 is 5.11 Å². The molecule has 0 fully saturated rings. The van der Waals surface area contributed by atoms with Crippen molar-refractivity contribution in [3.8, 4) is 0 Å². The second kappa shape index (κ2) is 3.37. The molecule has 1 atom stereocenters. The van der Waals surface area contributed by atoms with Gasteiger partial charge in [-0.25, -0.2) is 0 Å². The zero-order valence-electron chi connectivity index (χ0n) is 7.40. The first-order valence-electron chi connectivity index (χ1n) is 3.89. The Labute approximate surface area is 76.2 Å². The molecule has 1 aromatic heterocycles. The van der Waals surface area contributed by atoms with Crippen LogP contribution in [0.4, 0.5) is 0 Å². The number of aliphatic hydroxyl groups is 1. The van der Waals surface area contributed by atoms with Gasteiger partial charge in [-0.05, 0) is 33.0 Å². The Kier molecular flexibility index (Phi) is 2.64. The summed E-state index contributed by atoms with van der Waals surface area (Å²) in [6.45, 7) is 5.66. The molecule has 0 aliphatic carbocycles. The summed E-state index contributed by atoms with van der Waals surface area (Å²) in [5.41, 5.74) is 0. The van der Waals surface area contributed by atoms with Crippen LogP contribution in [0.1, 0.15) is 38.7 Å². The fourth-order valence-electron chi connectivity index (χ4n) is 1.11. The standard InChI is InChI=1S/C7H13N3OS/c1-4(2)10-6(5(3)11)8-9-7(10)12/h4-5,11H,1-3H3,(H,9,12)/t5-/m0/s1. The third-order valence-corrected chi connectivity index (χ3v) is 1.91. The number of hydrogen-bond donors (Lipinski definition) is 2. The van der Waals surface area contributed by atoms with Gasteiger partial charge in [0, 0.05) is 6.04 Å². The number of H-pyrrole nitrogens is 1. The molecule has 0 radical (unpaired) electrons. The summed E-state index contributed by atoms with van der Waals surface area (Å²) in [6, 6.07) is 0.223. The molecule has 0 bridgehead atoms. The molecule has 1 heterocycles. The predicted molar refractivity (Wildman–Crippen MR) is 48.4 cm³/mol. The van der Waals surface area contributed by atoms with Crippen molar-refractivity contribution in [1.82, 2.24) is 14.8 Å². The molecule has 5 heteroatoms. The Bertz CT molecular complexity index is 313. The largest absolute Gasteiger partial charge is 0.385 e. The van der Waals surface area contributed by atoms with Crippen molar-refractivity contribution in [3.63, 3.8) is 0 Å². The Morgan fingerprint density at radius 3 is 2.42 bits per heavy atom. The Balaban J connectivity index is 3.22. The van der Waals surface area contributed by atoms with Crippen molar-refractivity contribution >= 4 is 12.2 Å². The van der Waals surface area contributed by atoms with E-state index in [9.17, 15) is 5.11 Å². The average Bonchev–Trinajstić information content (AvgIpc) is 2.30. The van der Waals surface area contributed by atoms with E-state index in [1.165, 1.54) is 0 Å². The molecule has 68 valence electrons. The SMILES string of the molecule is CC(C)n1c([C@H](C)O)n[nH]c1=S. The van der Waals surface area contributed by atoms with Gasteiger partial charge >= 0.3 is 0 Å². The minimum Gasteiger partial charge on any atom is -0.385 e. The number of aliphatic hydroxyl groups excluding tert-OH is 1. The van der Waals surface area contributed by atoms with E-state index < -0.39 is 6.10 Å². The highest BCUT2D eigenvalue weighted by molar-refractivity contribution is 7.71. The molecule has 0 saturated heterocycles. The van der Waals surface area contributed by atoms with E-state index in [0.29, 0.717) is 10.6 Å². The predicted octanol–water partition coefficient (Wildman–Crippen LogP) is 1.57. The van der Waals surface area contributed by atoms with Gasteiger partial charge in [0.05, 0.1) is 0 Å². The lowest BCUT2D eigenvalue weighted by molar-refractivity contribution is 0.181. The van der Waals surface area contributed by atoms with Crippen LogP contribution >= 0.6 is 12.2 Å². The average molecular weight is 187 g/mol. The van der Waals surface area contributed by atoms with Gasteiger partial charge in [-0.3, -0.25) is 9.67 Å². The maximum absolute atomic E-state index is 9.32. The molecule has 1 aromatic rings. The smallest absolute Gasteiger partial charge is 0.195 e. The molecular weight excluding hydrogens is 174 g/mol. The lowest BCUT2D eigenvalue weighted by Gasteiger charge is -2.11. The van der Waals surface area contributed by atoms with Crippen LogP contribution in [0.2, 0.25) is 0 Å². The van der Waals surface area contributed by atoms with E-state index in [1.54, 1.807) is 11.5 Å². The highest BCUT2D eigenvalue weighted by Gasteiger charge is 2.12. The van der Waals surface area contributed by atoms with E-state index in [0.717, 1.165) is 0 Å². The number of hydrogen-bond acceptors (Lipinski definition) is 3. The highest BCUT2D eigenvalue weighted by atomic mass is 32.1. The molecule has 0 aromatic carbocycles. The first-order chi connectivity index (χ1) is 5.54. The molecule has 0 spiro atoms. The van der Waals surface area contributed by atoms with Crippen molar-refractivity contribution in [2.24, 2.45) is 0 Å². The summed E-state index contributed by atoms with van der Waals surface area (Å²) < 4.78 is 2.36. The van der Waals surface area contributed by atoms with E-state index in [-0.39, 0.29) is 6.04 Å². The van der Waals surface area contributed by atoms with E-state index in [4.69, 9.17) is 12.2 Å². The Morgan fingerprint density at radius 2 is 2.08 bits per heavy atom. The lowest BCUT2D eigenvalue weighted by atomic mass is 10.3. The molecular formula is C7H13N3OS.